The van der Waals surface area contributed by atoms with E-state index in [1.165, 1.54) is 0 Å². The summed E-state index contributed by atoms with van der Waals surface area (Å²) < 4.78 is 5.39. The molecule has 0 aliphatic heterocycles. The van der Waals surface area contributed by atoms with Crippen LogP contribution in [0.3, 0.4) is 0 Å². The molecule has 0 fully saturated rings. The highest BCUT2D eigenvalue weighted by Gasteiger charge is 2.09. The SMILES string of the molecule is CCCCN(C)C(=O)COc1ccc(CC(=O)O)cc1. The molecule has 1 aromatic carbocycles. The maximum absolute atomic E-state index is 11.8. The number of nitrogens with zero attached hydrogens (tertiary/aromatic N) is 1. The fraction of sp³-hybridized carbons (Fsp3) is 0.467. The third kappa shape index (κ3) is 5.73. The first kappa shape index (κ1) is 16.0. The highest BCUT2D eigenvalue weighted by Crippen LogP contribution is 2.12. The molecule has 1 amide bonds. The smallest absolute Gasteiger partial charge is 0.307 e. The summed E-state index contributed by atoms with van der Waals surface area (Å²) in [7, 11) is 1.76. The van der Waals surface area contributed by atoms with E-state index < -0.39 is 5.97 Å². The Bertz CT molecular complexity index is 442. The molecule has 0 saturated carbocycles. The van der Waals surface area contributed by atoms with E-state index >= 15 is 0 Å². The van der Waals surface area contributed by atoms with Crippen LogP contribution in [-0.2, 0) is 16.0 Å². The summed E-state index contributed by atoms with van der Waals surface area (Å²) in [5.74, 6) is -0.365. The molecule has 0 unspecified atom stereocenters. The Hall–Kier alpha value is -2.04. The average molecular weight is 279 g/mol. The molecule has 0 aliphatic rings. The van der Waals surface area contributed by atoms with Crippen LogP contribution in [0.5, 0.6) is 5.75 Å². The molecule has 0 spiro atoms. The molecule has 1 rings (SSSR count). The van der Waals surface area contributed by atoms with E-state index in [9.17, 15) is 9.59 Å². The monoisotopic (exact) mass is 279 g/mol. The van der Waals surface area contributed by atoms with Gasteiger partial charge in [-0.1, -0.05) is 25.5 Å². The zero-order valence-electron chi connectivity index (χ0n) is 12.0. The summed E-state index contributed by atoms with van der Waals surface area (Å²) in [5.41, 5.74) is 0.705. The minimum atomic E-state index is -0.869. The number of hydrogen-bond donors (Lipinski definition) is 1. The van der Waals surface area contributed by atoms with E-state index in [1.54, 1.807) is 36.2 Å². The summed E-state index contributed by atoms with van der Waals surface area (Å²) in [6, 6.07) is 6.73. The normalized spacial score (nSPS) is 10.1. The Morgan fingerprint density at radius 1 is 1.25 bits per heavy atom. The van der Waals surface area contributed by atoms with E-state index in [-0.39, 0.29) is 18.9 Å². The van der Waals surface area contributed by atoms with Gasteiger partial charge < -0.3 is 14.7 Å². The van der Waals surface area contributed by atoms with Crippen LogP contribution in [0, 0.1) is 0 Å². The molecule has 0 radical (unpaired) electrons. The fourth-order valence-corrected chi connectivity index (χ4v) is 1.65. The molecule has 0 aromatic heterocycles. The summed E-state index contributed by atoms with van der Waals surface area (Å²) >= 11 is 0. The maximum atomic E-state index is 11.8. The second-order valence-corrected chi connectivity index (χ2v) is 4.67. The summed E-state index contributed by atoms with van der Waals surface area (Å²) in [6.45, 7) is 2.81. The lowest BCUT2D eigenvalue weighted by Gasteiger charge is -2.17. The lowest BCUT2D eigenvalue weighted by Crippen LogP contribution is -2.32. The molecule has 5 nitrogen and oxygen atoms in total. The van der Waals surface area contributed by atoms with Crippen molar-refractivity contribution in [2.75, 3.05) is 20.2 Å². The van der Waals surface area contributed by atoms with Gasteiger partial charge in [0, 0.05) is 13.6 Å². The zero-order valence-corrected chi connectivity index (χ0v) is 12.0. The molecule has 5 heteroatoms. The van der Waals surface area contributed by atoms with Gasteiger partial charge in [-0.25, -0.2) is 0 Å². The van der Waals surface area contributed by atoms with Gasteiger partial charge in [0.15, 0.2) is 6.61 Å². The number of carbonyl (C=O) groups is 2. The lowest BCUT2D eigenvalue weighted by atomic mass is 10.1. The van der Waals surface area contributed by atoms with Gasteiger partial charge in [0.25, 0.3) is 5.91 Å². The van der Waals surface area contributed by atoms with Crippen molar-refractivity contribution in [2.24, 2.45) is 0 Å². The third-order valence-corrected chi connectivity index (χ3v) is 2.91. The number of rotatable bonds is 8. The highest BCUT2D eigenvalue weighted by molar-refractivity contribution is 5.77. The first-order valence-corrected chi connectivity index (χ1v) is 6.70. The van der Waals surface area contributed by atoms with Gasteiger partial charge in [-0.15, -0.1) is 0 Å². The molecule has 1 aromatic rings. The number of likely N-dealkylation sites (N-methyl/N-ethyl adjacent to an activating group) is 1. The molecule has 110 valence electrons. The van der Waals surface area contributed by atoms with Crippen LogP contribution in [0.25, 0.3) is 0 Å². The van der Waals surface area contributed by atoms with Crippen LogP contribution in [0.15, 0.2) is 24.3 Å². The predicted molar refractivity (Wildman–Crippen MR) is 75.8 cm³/mol. The third-order valence-electron chi connectivity index (χ3n) is 2.91. The van der Waals surface area contributed by atoms with Gasteiger partial charge in [-0.05, 0) is 24.1 Å². The second-order valence-electron chi connectivity index (χ2n) is 4.67. The van der Waals surface area contributed by atoms with Crippen LogP contribution >= 0.6 is 0 Å². The van der Waals surface area contributed by atoms with Crippen LogP contribution in [-0.4, -0.2) is 42.1 Å². The molecule has 20 heavy (non-hydrogen) atoms. The highest BCUT2D eigenvalue weighted by atomic mass is 16.5. The van der Waals surface area contributed by atoms with Crippen molar-refractivity contribution >= 4 is 11.9 Å². The van der Waals surface area contributed by atoms with Crippen LogP contribution in [0.4, 0.5) is 0 Å². The van der Waals surface area contributed by atoms with E-state index in [0.717, 1.165) is 19.4 Å². The quantitative estimate of drug-likeness (QED) is 0.790. The first-order chi connectivity index (χ1) is 9.52. The summed E-state index contributed by atoms with van der Waals surface area (Å²) in [6.07, 6.45) is 2.01. The maximum Gasteiger partial charge on any atom is 0.307 e. The van der Waals surface area contributed by atoms with E-state index in [4.69, 9.17) is 9.84 Å². The Kier molecular flexibility index (Phi) is 6.56. The Labute approximate surface area is 119 Å². The van der Waals surface area contributed by atoms with Crippen molar-refractivity contribution in [3.63, 3.8) is 0 Å². The first-order valence-electron chi connectivity index (χ1n) is 6.70. The molecule has 1 N–H and O–H groups in total. The number of benzene rings is 1. The predicted octanol–water partition coefficient (Wildman–Crippen LogP) is 1.95. The lowest BCUT2D eigenvalue weighted by molar-refractivity contribution is -0.136. The van der Waals surface area contributed by atoms with Gasteiger partial charge >= 0.3 is 5.97 Å². The number of aliphatic carboxylic acids is 1. The topological polar surface area (TPSA) is 66.8 Å². The van der Waals surface area contributed by atoms with E-state index in [2.05, 4.69) is 6.92 Å². The molecule has 0 aliphatic carbocycles. The van der Waals surface area contributed by atoms with Crippen molar-refractivity contribution in [3.8, 4) is 5.75 Å². The molecular weight excluding hydrogens is 258 g/mol. The second kappa shape index (κ2) is 8.19. The number of hydrogen-bond acceptors (Lipinski definition) is 3. The number of carboxylic acids is 1. The molecular formula is C15H21NO4. The molecule has 0 heterocycles. The summed E-state index contributed by atoms with van der Waals surface area (Å²) in [5, 5.41) is 8.66. The van der Waals surface area contributed by atoms with Crippen molar-refractivity contribution in [1.29, 1.82) is 0 Å². The van der Waals surface area contributed by atoms with Gasteiger partial charge in [0.1, 0.15) is 5.75 Å². The van der Waals surface area contributed by atoms with Crippen LogP contribution in [0.1, 0.15) is 25.3 Å². The number of carboxylic acid groups (broad SMARTS) is 1. The fourth-order valence-electron chi connectivity index (χ4n) is 1.65. The van der Waals surface area contributed by atoms with Gasteiger partial charge in [0.05, 0.1) is 6.42 Å². The number of ether oxygens (including phenoxy) is 1. The standard InChI is InChI=1S/C15H21NO4/c1-3-4-9-16(2)14(17)11-20-13-7-5-12(6-8-13)10-15(18)19/h5-8H,3-4,9-11H2,1-2H3,(H,18,19). The minimum Gasteiger partial charge on any atom is -0.484 e. The van der Waals surface area contributed by atoms with Crippen molar-refractivity contribution in [3.05, 3.63) is 29.8 Å². The molecule has 0 atom stereocenters. The van der Waals surface area contributed by atoms with Gasteiger partial charge in [-0.3, -0.25) is 9.59 Å². The molecule has 0 saturated heterocycles. The van der Waals surface area contributed by atoms with Crippen molar-refractivity contribution in [2.45, 2.75) is 26.2 Å². The van der Waals surface area contributed by atoms with E-state index in [1.807, 2.05) is 0 Å². The Balaban J connectivity index is 2.41. The van der Waals surface area contributed by atoms with Crippen molar-refractivity contribution in [1.82, 2.24) is 4.90 Å². The van der Waals surface area contributed by atoms with Gasteiger partial charge in [-0.2, -0.15) is 0 Å². The zero-order chi connectivity index (χ0) is 15.0. The average Bonchev–Trinajstić information content (AvgIpc) is 2.43. The van der Waals surface area contributed by atoms with Gasteiger partial charge in [0.2, 0.25) is 0 Å². The number of carbonyl (C=O) groups excluding carboxylic acids is 1. The minimum absolute atomic E-state index is 0.00150. The number of amides is 1. The summed E-state index contributed by atoms with van der Waals surface area (Å²) in [4.78, 5) is 24.0. The Morgan fingerprint density at radius 3 is 2.45 bits per heavy atom. The van der Waals surface area contributed by atoms with Crippen LogP contribution in [0.2, 0.25) is 0 Å². The van der Waals surface area contributed by atoms with Crippen LogP contribution < -0.4 is 4.74 Å². The Morgan fingerprint density at radius 2 is 1.90 bits per heavy atom. The van der Waals surface area contributed by atoms with E-state index in [0.29, 0.717) is 11.3 Å². The van der Waals surface area contributed by atoms with Crippen molar-refractivity contribution < 1.29 is 19.4 Å². The number of unbranched alkanes of at least 4 members (excludes halogenated alkanes) is 1. The largest absolute Gasteiger partial charge is 0.484 e. The molecule has 0 bridgehead atoms.